The van der Waals surface area contributed by atoms with Crippen molar-refractivity contribution in [2.45, 2.75) is 11.3 Å². The largest absolute Gasteiger partial charge is 0.355 e. The lowest BCUT2D eigenvalue weighted by Crippen LogP contribution is -2.37. The molecule has 0 aliphatic carbocycles. The van der Waals surface area contributed by atoms with Gasteiger partial charge < -0.3 is 5.32 Å². The van der Waals surface area contributed by atoms with Crippen LogP contribution < -0.4 is 10.0 Å². The zero-order valence-corrected chi connectivity index (χ0v) is 15.9. The Bertz CT molecular complexity index is 903. The van der Waals surface area contributed by atoms with Gasteiger partial charge in [0.05, 0.1) is 20.8 Å². The quantitative estimate of drug-likeness (QED) is 0.479. The van der Waals surface area contributed by atoms with Gasteiger partial charge in [0.25, 0.3) is 5.69 Å². The van der Waals surface area contributed by atoms with E-state index < -0.39 is 27.4 Å². The highest BCUT2D eigenvalue weighted by Crippen LogP contribution is 2.27. The lowest BCUT2D eigenvalue weighted by atomic mass is 10.1. The van der Waals surface area contributed by atoms with Crippen molar-refractivity contribution in [3.05, 3.63) is 68.7 Å². The average molecular weight is 442 g/mol. The first-order chi connectivity index (χ1) is 12.3. The molecule has 138 valence electrons. The first-order valence-corrected chi connectivity index (χ1v) is 9.81. The van der Waals surface area contributed by atoms with Crippen LogP contribution in [0.1, 0.15) is 5.56 Å². The van der Waals surface area contributed by atoms with Crippen molar-refractivity contribution in [3.63, 3.8) is 0 Å². The average Bonchev–Trinajstić information content (AvgIpc) is 2.61. The smallest absolute Gasteiger partial charge is 0.284 e. The lowest BCUT2D eigenvalue weighted by Gasteiger charge is -2.08. The van der Waals surface area contributed by atoms with Gasteiger partial charge in [-0.05, 0) is 40.0 Å². The molecule has 0 fully saturated rings. The van der Waals surface area contributed by atoms with Crippen LogP contribution in [-0.4, -0.2) is 32.3 Å². The Hall–Kier alpha value is -2.30. The second-order valence-corrected chi connectivity index (χ2v) is 7.90. The third-order valence-electron chi connectivity index (χ3n) is 3.43. The Morgan fingerprint density at radius 1 is 1.15 bits per heavy atom. The predicted molar refractivity (Wildman–Crippen MR) is 99.1 cm³/mol. The molecule has 0 saturated carbocycles. The molecular weight excluding hydrogens is 426 g/mol. The molecule has 0 unspecified atom stereocenters. The Kier molecular flexibility index (Phi) is 6.83. The summed E-state index contributed by atoms with van der Waals surface area (Å²) in [5, 5.41) is 13.5. The van der Waals surface area contributed by atoms with Crippen LogP contribution in [0.3, 0.4) is 0 Å². The van der Waals surface area contributed by atoms with Crippen molar-refractivity contribution < 1.29 is 18.1 Å². The molecule has 0 radical (unpaired) electrons. The molecular formula is C16H16BrN3O5S. The number of benzene rings is 2. The number of halogens is 1. The van der Waals surface area contributed by atoms with Crippen molar-refractivity contribution in [3.8, 4) is 0 Å². The minimum absolute atomic E-state index is 0.167. The molecule has 0 aliphatic heterocycles. The summed E-state index contributed by atoms with van der Waals surface area (Å²) in [5.41, 5.74) is 0.677. The lowest BCUT2D eigenvalue weighted by molar-refractivity contribution is -0.385. The fourth-order valence-electron chi connectivity index (χ4n) is 2.10. The summed E-state index contributed by atoms with van der Waals surface area (Å²) in [5.74, 6) is -0.490. The maximum atomic E-state index is 12.2. The summed E-state index contributed by atoms with van der Waals surface area (Å²) in [6.07, 6.45) is 0.623. The number of nitrogens with zero attached hydrogens (tertiary/aromatic N) is 1. The molecule has 0 bridgehead atoms. The zero-order valence-electron chi connectivity index (χ0n) is 13.5. The second-order valence-electron chi connectivity index (χ2n) is 5.28. The molecule has 2 aromatic rings. The molecule has 2 rings (SSSR count). The van der Waals surface area contributed by atoms with Crippen LogP contribution in [0.2, 0.25) is 0 Å². The standard InChI is InChI=1S/C16H16BrN3O5S/c17-14-7-6-13(10-15(14)20(22)23)26(24,25)19-11-16(21)18-9-8-12-4-2-1-3-5-12/h1-7,10,19H,8-9,11H2,(H,18,21). The number of hydrogen-bond donors (Lipinski definition) is 2. The third-order valence-corrected chi connectivity index (χ3v) is 5.50. The van der Waals surface area contributed by atoms with E-state index in [1.807, 2.05) is 30.3 Å². The molecule has 0 heterocycles. The zero-order chi connectivity index (χ0) is 19.2. The van der Waals surface area contributed by atoms with E-state index >= 15 is 0 Å². The van der Waals surface area contributed by atoms with Gasteiger partial charge in [-0.25, -0.2) is 13.1 Å². The Labute approximate surface area is 158 Å². The number of carbonyl (C=O) groups is 1. The van der Waals surface area contributed by atoms with Crippen molar-refractivity contribution in [2.24, 2.45) is 0 Å². The van der Waals surface area contributed by atoms with E-state index in [9.17, 15) is 23.3 Å². The number of hydrogen-bond acceptors (Lipinski definition) is 5. The van der Waals surface area contributed by atoms with Gasteiger partial charge in [0.15, 0.2) is 0 Å². The van der Waals surface area contributed by atoms with Crippen LogP contribution in [0.15, 0.2) is 57.9 Å². The minimum atomic E-state index is -4.04. The van der Waals surface area contributed by atoms with Gasteiger partial charge in [-0.2, -0.15) is 0 Å². The molecule has 1 amide bonds. The monoisotopic (exact) mass is 441 g/mol. The van der Waals surface area contributed by atoms with Gasteiger partial charge in [-0.1, -0.05) is 30.3 Å². The summed E-state index contributed by atoms with van der Waals surface area (Å²) in [6.45, 7) is -0.0880. The first kappa shape index (κ1) is 20.0. The van der Waals surface area contributed by atoms with Gasteiger partial charge in [-0.3, -0.25) is 14.9 Å². The summed E-state index contributed by atoms with van der Waals surface area (Å²) >= 11 is 2.99. The maximum absolute atomic E-state index is 12.2. The van der Waals surface area contributed by atoms with Crippen LogP contribution in [-0.2, 0) is 21.2 Å². The summed E-state index contributed by atoms with van der Waals surface area (Å²) < 4.78 is 26.7. The van der Waals surface area contributed by atoms with Crippen LogP contribution in [0.4, 0.5) is 5.69 Å². The Morgan fingerprint density at radius 2 is 1.85 bits per heavy atom. The molecule has 2 aromatic carbocycles. The van der Waals surface area contributed by atoms with Crippen molar-refractivity contribution in [1.82, 2.24) is 10.0 Å². The molecule has 0 spiro atoms. The number of nitro groups is 1. The van der Waals surface area contributed by atoms with Gasteiger partial charge >= 0.3 is 0 Å². The normalized spacial score (nSPS) is 11.1. The van der Waals surface area contributed by atoms with E-state index in [0.29, 0.717) is 13.0 Å². The van der Waals surface area contributed by atoms with E-state index in [0.717, 1.165) is 11.6 Å². The first-order valence-electron chi connectivity index (χ1n) is 7.54. The van der Waals surface area contributed by atoms with E-state index in [4.69, 9.17) is 0 Å². The van der Waals surface area contributed by atoms with Crippen molar-refractivity contribution in [1.29, 1.82) is 0 Å². The number of carbonyl (C=O) groups excluding carboxylic acids is 1. The maximum Gasteiger partial charge on any atom is 0.284 e. The number of sulfonamides is 1. The topological polar surface area (TPSA) is 118 Å². The van der Waals surface area contributed by atoms with E-state index in [1.165, 1.54) is 12.1 Å². The Morgan fingerprint density at radius 3 is 2.50 bits per heavy atom. The molecule has 0 aromatic heterocycles. The van der Waals surface area contributed by atoms with E-state index in [1.54, 1.807) is 0 Å². The summed E-state index contributed by atoms with van der Waals surface area (Å²) in [4.78, 5) is 21.7. The highest BCUT2D eigenvalue weighted by atomic mass is 79.9. The van der Waals surface area contributed by atoms with Crippen LogP contribution >= 0.6 is 15.9 Å². The van der Waals surface area contributed by atoms with Crippen molar-refractivity contribution in [2.75, 3.05) is 13.1 Å². The molecule has 2 N–H and O–H groups in total. The predicted octanol–water partition coefficient (Wildman–Crippen LogP) is 1.99. The van der Waals surface area contributed by atoms with Gasteiger partial charge in [0.1, 0.15) is 0 Å². The summed E-state index contributed by atoms with van der Waals surface area (Å²) in [6, 6.07) is 12.9. The molecule has 0 atom stereocenters. The molecule has 0 saturated heterocycles. The number of rotatable bonds is 8. The second kappa shape index (κ2) is 8.88. The molecule has 10 heteroatoms. The number of nitrogens with one attached hydrogen (secondary N) is 2. The number of amides is 1. The SMILES string of the molecule is O=C(CNS(=O)(=O)c1ccc(Br)c([N+](=O)[O-])c1)NCCc1ccccc1. The number of nitro benzene ring substituents is 1. The highest BCUT2D eigenvalue weighted by molar-refractivity contribution is 9.10. The van der Waals surface area contributed by atoms with Crippen LogP contribution in [0.25, 0.3) is 0 Å². The Balaban J connectivity index is 1.90. The van der Waals surface area contributed by atoms with E-state index in [-0.39, 0.29) is 15.1 Å². The van der Waals surface area contributed by atoms with Crippen molar-refractivity contribution >= 4 is 37.5 Å². The fourth-order valence-corrected chi connectivity index (χ4v) is 3.49. The minimum Gasteiger partial charge on any atom is -0.355 e. The van der Waals surface area contributed by atoms with Crippen LogP contribution in [0, 0.1) is 10.1 Å². The highest BCUT2D eigenvalue weighted by Gasteiger charge is 2.21. The van der Waals surface area contributed by atoms with Gasteiger partial charge in [0.2, 0.25) is 15.9 Å². The third kappa shape index (κ3) is 5.61. The molecule has 26 heavy (non-hydrogen) atoms. The summed E-state index contributed by atoms with van der Waals surface area (Å²) in [7, 11) is -4.04. The molecule has 8 nitrogen and oxygen atoms in total. The van der Waals surface area contributed by atoms with Gasteiger partial charge in [-0.15, -0.1) is 0 Å². The molecule has 0 aliphatic rings. The van der Waals surface area contributed by atoms with Gasteiger partial charge in [0, 0.05) is 12.6 Å². The van der Waals surface area contributed by atoms with Crippen LogP contribution in [0.5, 0.6) is 0 Å². The van der Waals surface area contributed by atoms with E-state index in [2.05, 4.69) is 26.0 Å². The fraction of sp³-hybridized carbons (Fsp3) is 0.188.